The molecule has 1 aromatic carbocycles. The lowest BCUT2D eigenvalue weighted by Gasteiger charge is -2.25. The van der Waals surface area contributed by atoms with Crippen molar-refractivity contribution in [1.29, 1.82) is 0 Å². The zero-order valence-electron chi connectivity index (χ0n) is 13.9. The van der Waals surface area contributed by atoms with E-state index >= 15 is 0 Å². The summed E-state index contributed by atoms with van der Waals surface area (Å²) >= 11 is 1.45. The van der Waals surface area contributed by atoms with Gasteiger partial charge in [-0.2, -0.15) is 11.3 Å². The van der Waals surface area contributed by atoms with Gasteiger partial charge < -0.3 is 25.4 Å². The van der Waals surface area contributed by atoms with Gasteiger partial charge in [-0.1, -0.05) is 18.2 Å². The van der Waals surface area contributed by atoms with Crippen LogP contribution in [0.4, 0.5) is 5.69 Å². The highest BCUT2D eigenvalue weighted by molar-refractivity contribution is 7.07. The van der Waals surface area contributed by atoms with Gasteiger partial charge in [-0.05, 0) is 40.9 Å². The molecule has 0 bridgehead atoms. The van der Waals surface area contributed by atoms with Crippen LogP contribution in [0, 0.1) is 0 Å². The fourth-order valence-electron chi connectivity index (χ4n) is 2.95. The molecule has 0 radical (unpaired) electrons. The van der Waals surface area contributed by atoms with Crippen LogP contribution in [0.2, 0.25) is 0 Å². The van der Waals surface area contributed by atoms with Gasteiger partial charge in [-0.25, -0.2) is 0 Å². The van der Waals surface area contributed by atoms with Crippen LogP contribution in [0.3, 0.4) is 0 Å². The van der Waals surface area contributed by atoms with Gasteiger partial charge in [0.1, 0.15) is 0 Å². The fourth-order valence-corrected chi connectivity index (χ4v) is 3.63. The van der Waals surface area contributed by atoms with Crippen molar-refractivity contribution in [2.75, 3.05) is 11.4 Å². The van der Waals surface area contributed by atoms with E-state index in [9.17, 15) is 24.7 Å². The van der Waals surface area contributed by atoms with E-state index in [0.29, 0.717) is 5.69 Å². The number of para-hydroxylation sites is 1. The minimum absolute atomic E-state index is 0.0702. The Kier molecular flexibility index (Phi) is 5.42. The first-order valence-electron chi connectivity index (χ1n) is 8.19. The molecule has 1 aliphatic rings. The second-order valence-electron chi connectivity index (χ2n) is 6.23. The third kappa shape index (κ3) is 3.66. The zero-order chi connectivity index (χ0) is 18.7. The van der Waals surface area contributed by atoms with Gasteiger partial charge in [-0.3, -0.25) is 9.59 Å². The Balaban J connectivity index is 1.72. The van der Waals surface area contributed by atoms with Crippen molar-refractivity contribution in [3.05, 3.63) is 52.7 Å². The average molecular weight is 374 g/mol. The number of hydrogen-bond acceptors (Lipinski definition) is 6. The van der Waals surface area contributed by atoms with Gasteiger partial charge in [0.15, 0.2) is 0 Å². The van der Waals surface area contributed by atoms with Gasteiger partial charge >= 0.3 is 7.12 Å². The first-order valence-corrected chi connectivity index (χ1v) is 9.13. The van der Waals surface area contributed by atoms with E-state index in [1.165, 1.54) is 16.2 Å². The Labute approximate surface area is 155 Å². The molecule has 2 atom stereocenters. The first kappa shape index (κ1) is 18.6. The summed E-state index contributed by atoms with van der Waals surface area (Å²) in [7, 11) is -1.82. The number of carbonyl (C=O) groups is 2. The van der Waals surface area contributed by atoms with E-state index in [4.69, 9.17) is 0 Å². The summed E-state index contributed by atoms with van der Waals surface area (Å²) < 4.78 is 0. The molecule has 26 heavy (non-hydrogen) atoms. The third-order valence-electron chi connectivity index (χ3n) is 4.45. The molecule has 0 spiro atoms. The van der Waals surface area contributed by atoms with Crippen molar-refractivity contribution < 1.29 is 24.7 Å². The molecule has 1 aliphatic heterocycles. The summed E-state index contributed by atoms with van der Waals surface area (Å²) in [5, 5.41) is 35.8. The molecular weight excluding hydrogens is 355 g/mol. The molecule has 136 valence electrons. The molecule has 7 nitrogen and oxygen atoms in total. The molecule has 3 rings (SSSR count). The smallest absolute Gasteiger partial charge is 0.426 e. The first-order chi connectivity index (χ1) is 12.4. The van der Waals surface area contributed by atoms with Crippen molar-refractivity contribution in [3.63, 3.8) is 0 Å². The Hall–Kier alpha value is -2.20. The molecule has 2 heterocycles. The second-order valence-corrected chi connectivity index (χ2v) is 7.01. The second kappa shape index (κ2) is 7.59. The summed E-state index contributed by atoms with van der Waals surface area (Å²) in [4.78, 5) is 26.5. The Bertz CT molecular complexity index is 771. The van der Waals surface area contributed by atoms with Crippen molar-refractivity contribution in [3.8, 4) is 0 Å². The minimum atomic E-state index is -2.22. The highest BCUT2D eigenvalue weighted by Gasteiger charge is 2.52. The van der Waals surface area contributed by atoms with Gasteiger partial charge in [0, 0.05) is 18.7 Å². The van der Waals surface area contributed by atoms with Crippen LogP contribution in [-0.2, 0) is 16.0 Å². The van der Waals surface area contributed by atoms with Crippen molar-refractivity contribution in [2.45, 2.75) is 24.4 Å². The predicted octanol–water partition coefficient (Wildman–Crippen LogP) is -0.0446. The van der Waals surface area contributed by atoms with Crippen molar-refractivity contribution in [2.24, 2.45) is 0 Å². The Morgan fingerprint density at radius 1 is 1.31 bits per heavy atom. The number of aliphatic hydroxyl groups is 1. The third-order valence-corrected chi connectivity index (χ3v) is 5.18. The van der Waals surface area contributed by atoms with E-state index in [1.54, 1.807) is 36.4 Å². The number of nitrogens with one attached hydrogen (secondary N) is 1. The molecular formula is C17H19BN2O5S. The van der Waals surface area contributed by atoms with E-state index in [-0.39, 0.29) is 19.4 Å². The molecule has 4 N–H and O–H groups in total. The predicted molar refractivity (Wildman–Crippen MR) is 98.5 cm³/mol. The monoisotopic (exact) mass is 374 g/mol. The standard InChI is InChI=1S/C17H19BN2O5S/c21-15(19-14(18(24)25)10-12-6-9-26-11-12)17(23)7-8-20(16(17)22)13-4-2-1-3-5-13/h1-6,9,11,14,23-25H,7-8,10H2,(H,19,21). The normalized spacial score (nSPS) is 20.9. The quantitative estimate of drug-likeness (QED) is 0.419. The SMILES string of the molecule is O=C(NC(Cc1ccsc1)B(O)O)C1(O)CCN(c2ccccc2)C1=O. The lowest BCUT2D eigenvalue weighted by atomic mass is 9.76. The molecule has 2 aromatic rings. The summed E-state index contributed by atoms with van der Waals surface area (Å²) in [5.41, 5.74) is -0.806. The van der Waals surface area contributed by atoms with Gasteiger partial charge in [0.2, 0.25) is 5.60 Å². The van der Waals surface area contributed by atoms with Crippen LogP contribution in [0.5, 0.6) is 0 Å². The molecule has 2 amide bonds. The van der Waals surface area contributed by atoms with Crippen LogP contribution in [0.25, 0.3) is 0 Å². The molecule has 0 aliphatic carbocycles. The number of carbonyl (C=O) groups excluding carboxylic acids is 2. The van der Waals surface area contributed by atoms with E-state index in [1.807, 2.05) is 10.8 Å². The van der Waals surface area contributed by atoms with Gasteiger partial charge in [-0.15, -0.1) is 0 Å². The summed E-state index contributed by atoms with van der Waals surface area (Å²) in [6, 6.07) is 10.6. The maximum atomic E-state index is 12.6. The number of nitrogens with zero attached hydrogens (tertiary/aromatic N) is 1. The highest BCUT2D eigenvalue weighted by atomic mass is 32.1. The van der Waals surface area contributed by atoms with E-state index < -0.39 is 30.5 Å². The molecule has 1 aromatic heterocycles. The topological polar surface area (TPSA) is 110 Å². The average Bonchev–Trinajstić information content (AvgIpc) is 3.24. The van der Waals surface area contributed by atoms with Gasteiger partial charge in [0.25, 0.3) is 11.8 Å². The molecule has 9 heteroatoms. The van der Waals surface area contributed by atoms with E-state index in [2.05, 4.69) is 5.32 Å². The number of thiophene rings is 1. The maximum absolute atomic E-state index is 12.6. The van der Waals surface area contributed by atoms with Crippen molar-refractivity contribution in [1.82, 2.24) is 5.32 Å². The molecule has 1 fully saturated rings. The van der Waals surface area contributed by atoms with Crippen LogP contribution >= 0.6 is 11.3 Å². The summed E-state index contributed by atoms with van der Waals surface area (Å²) in [6.45, 7) is 0.198. The molecule has 0 saturated carbocycles. The number of rotatable bonds is 6. The highest BCUT2D eigenvalue weighted by Crippen LogP contribution is 2.28. The van der Waals surface area contributed by atoms with Crippen LogP contribution in [-0.4, -0.2) is 52.2 Å². The minimum Gasteiger partial charge on any atom is -0.426 e. The van der Waals surface area contributed by atoms with Crippen molar-refractivity contribution >= 4 is 36.0 Å². The van der Waals surface area contributed by atoms with Crippen LogP contribution in [0.15, 0.2) is 47.2 Å². The lowest BCUT2D eigenvalue weighted by molar-refractivity contribution is -0.149. The summed E-state index contributed by atoms with van der Waals surface area (Å²) in [6.07, 6.45) is 0.110. The van der Waals surface area contributed by atoms with Crippen LogP contribution < -0.4 is 10.2 Å². The number of benzene rings is 1. The fraction of sp³-hybridized carbons (Fsp3) is 0.294. The summed E-state index contributed by atoms with van der Waals surface area (Å²) in [5.74, 6) is -2.67. The zero-order valence-corrected chi connectivity index (χ0v) is 14.7. The number of amides is 2. The lowest BCUT2D eigenvalue weighted by Crippen LogP contribution is -2.58. The molecule has 2 unspecified atom stereocenters. The Morgan fingerprint density at radius 3 is 2.65 bits per heavy atom. The number of hydrogen-bond donors (Lipinski definition) is 4. The molecule has 1 saturated heterocycles. The van der Waals surface area contributed by atoms with Crippen LogP contribution in [0.1, 0.15) is 12.0 Å². The van der Waals surface area contributed by atoms with Gasteiger partial charge in [0.05, 0.1) is 5.94 Å². The van der Waals surface area contributed by atoms with E-state index in [0.717, 1.165) is 5.56 Å². The Morgan fingerprint density at radius 2 is 2.04 bits per heavy atom. The maximum Gasteiger partial charge on any atom is 0.475 e. The largest absolute Gasteiger partial charge is 0.475 e. The number of anilines is 1.